The fourth-order valence-corrected chi connectivity index (χ4v) is 3.02. The molecule has 0 bridgehead atoms. The second-order valence-electron chi connectivity index (χ2n) is 4.31. The number of amides is 1. The summed E-state index contributed by atoms with van der Waals surface area (Å²) in [7, 11) is 1.49. The Morgan fingerprint density at radius 3 is 2.57 bits per heavy atom. The van der Waals surface area contributed by atoms with Gasteiger partial charge in [-0.3, -0.25) is 4.79 Å². The minimum absolute atomic E-state index is 0.221. The van der Waals surface area contributed by atoms with Crippen molar-refractivity contribution >= 4 is 33.1 Å². The number of ether oxygens (including phenoxy) is 1. The van der Waals surface area contributed by atoms with E-state index in [0.717, 1.165) is 16.9 Å². The third kappa shape index (κ3) is 2.17. The average Bonchev–Trinajstić information content (AvgIpc) is 2.84. The van der Waals surface area contributed by atoms with Gasteiger partial charge in [0.25, 0.3) is 5.91 Å². The lowest BCUT2D eigenvalue weighted by molar-refractivity contribution is 0.100. The molecule has 106 valence electrons. The largest absolute Gasteiger partial charge is 0.467 e. The highest BCUT2D eigenvalue weighted by molar-refractivity contribution is 7.21. The molecule has 2 aromatic heterocycles. The molecule has 0 radical (unpaired) electrons. The van der Waals surface area contributed by atoms with Crippen LogP contribution in [0.15, 0.2) is 30.3 Å². The first-order chi connectivity index (χ1) is 10.1. The van der Waals surface area contributed by atoms with Crippen LogP contribution in [0.4, 0.5) is 5.69 Å². The molecular formula is C14H12N4O2S. The maximum Gasteiger partial charge on any atom is 0.318 e. The van der Waals surface area contributed by atoms with Crippen molar-refractivity contribution in [2.45, 2.75) is 0 Å². The Kier molecular flexibility index (Phi) is 3.19. The van der Waals surface area contributed by atoms with Crippen LogP contribution in [0, 0.1) is 0 Å². The van der Waals surface area contributed by atoms with Crippen LogP contribution < -0.4 is 16.2 Å². The number of rotatable bonds is 3. The number of aromatic nitrogens is 2. The summed E-state index contributed by atoms with van der Waals surface area (Å²) in [6, 6.07) is 9.73. The fourth-order valence-electron chi connectivity index (χ4n) is 2.08. The van der Waals surface area contributed by atoms with Gasteiger partial charge < -0.3 is 16.2 Å². The number of nitrogen functional groups attached to an aromatic ring is 1. The van der Waals surface area contributed by atoms with Gasteiger partial charge in [0, 0.05) is 5.56 Å². The van der Waals surface area contributed by atoms with Gasteiger partial charge in [-0.15, -0.1) is 11.3 Å². The smallest absolute Gasteiger partial charge is 0.318 e. The van der Waals surface area contributed by atoms with Gasteiger partial charge in [0.15, 0.2) is 0 Å². The molecular weight excluding hydrogens is 288 g/mol. The molecule has 0 saturated carbocycles. The first-order valence-electron chi connectivity index (χ1n) is 6.11. The van der Waals surface area contributed by atoms with Crippen molar-refractivity contribution in [2.24, 2.45) is 5.73 Å². The van der Waals surface area contributed by atoms with Gasteiger partial charge in [0.1, 0.15) is 9.71 Å². The molecule has 0 atom stereocenters. The molecule has 0 aliphatic rings. The van der Waals surface area contributed by atoms with Crippen LogP contribution in [-0.2, 0) is 0 Å². The van der Waals surface area contributed by atoms with Crippen molar-refractivity contribution < 1.29 is 9.53 Å². The minimum atomic E-state index is -0.575. The Labute approximate surface area is 124 Å². The number of carbonyl (C=O) groups is 1. The highest BCUT2D eigenvalue weighted by Gasteiger charge is 2.20. The lowest BCUT2D eigenvalue weighted by Crippen LogP contribution is -2.10. The van der Waals surface area contributed by atoms with E-state index in [2.05, 4.69) is 9.97 Å². The van der Waals surface area contributed by atoms with Crippen molar-refractivity contribution in [3.05, 3.63) is 35.2 Å². The molecule has 3 rings (SSSR count). The molecule has 4 N–H and O–H groups in total. The van der Waals surface area contributed by atoms with E-state index in [1.165, 1.54) is 7.11 Å². The second-order valence-corrected chi connectivity index (χ2v) is 5.31. The topological polar surface area (TPSA) is 104 Å². The summed E-state index contributed by atoms with van der Waals surface area (Å²) in [4.78, 5) is 20.9. The van der Waals surface area contributed by atoms with E-state index in [9.17, 15) is 4.79 Å². The highest BCUT2D eigenvalue weighted by atomic mass is 32.1. The van der Waals surface area contributed by atoms with E-state index in [4.69, 9.17) is 16.2 Å². The van der Waals surface area contributed by atoms with E-state index >= 15 is 0 Å². The Morgan fingerprint density at radius 2 is 1.95 bits per heavy atom. The predicted molar refractivity (Wildman–Crippen MR) is 82.3 cm³/mol. The number of benzene rings is 1. The molecule has 2 heterocycles. The van der Waals surface area contributed by atoms with Crippen LogP contribution in [0.3, 0.4) is 0 Å². The Balaban J connectivity index is 2.39. The van der Waals surface area contributed by atoms with Gasteiger partial charge in [0.2, 0.25) is 0 Å². The van der Waals surface area contributed by atoms with Crippen LogP contribution in [0.1, 0.15) is 9.67 Å². The molecule has 1 aromatic carbocycles. The van der Waals surface area contributed by atoms with Crippen molar-refractivity contribution in [3.8, 4) is 17.3 Å². The molecule has 7 heteroatoms. The number of fused-ring (bicyclic) bond motifs is 1. The molecule has 21 heavy (non-hydrogen) atoms. The summed E-state index contributed by atoms with van der Waals surface area (Å²) in [5.74, 6) is -0.575. The van der Waals surface area contributed by atoms with Crippen molar-refractivity contribution in [1.29, 1.82) is 0 Å². The van der Waals surface area contributed by atoms with Gasteiger partial charge >= 0.3 is 6.01 Å². The maximum absolute atomic E-state index is 11.5. The number of primary amides is 1. The predicted octanol–water partition coefficient (Wildman–Crippen LogP) is 2.05. The van der Waals surface area contributed by atoms with Gasteiger partial charge in [-0.05, 0) is 0 Å². The molecule has 0 saturated heterocycles. The van der Waals surface area contributed by atoms with E-state index in [0.29, 0.717) is 21.6 Å². The molecule has 6 nitrogen and oxygen atoms in total. The van der Waals surface area contributed by atoms with Crippen LogP contribution in [0.2, 0.25) is 0 Å². The summed E-state index contributed by atoms with van der Waals surface area (Å²) >= 11 is 1.14. The van der Waals surface area contributed by atoms with Crippen LogP contribution in [0.5, 0.6) is 6.01 Å². The molecule has 0 unspecified atom stereocenters. The zero-order valence-corrected chi connectivity index (χ0v) is 12.0. The fraction of sp³-hybridized carbons (Fsp3) is 0.0714. The number of anilines is 1. The number of carbonyl (C=O) groups excluding carboxylic acids is 1. The Morgan fingerprint density at radius 1 is 1.24 bits per heavy atom. The normalized spacial score (nSPS) is 10.7. The van der Waals surface area contributed by atoms with E-state index in [1.807, 2.05) is 30.3 Å². The lowest BCUT2D eigenvalue weighted by atomic mass is 10.1. The third-order valence-corrected chi connectivity index (χ3v) is 4.14. The van der Waals surface area contributed by atoms with Crippen molar-refractivity contribution in [1.82, 2.24) is 9.97 Å². The Bertz CT molecular complexity index is 830. The number of thiophene rings is 1. The SMILES string of the molecule is COc1nc(-c2ccccc2)c2c(N)c(C(N)=O)sc2n1. The monoisotopic (exact) mass is 300 g/mol. The minimum Gasteiger partial charge on any atom is -0.467 e. The van der Waals surface area contributed by atoms with E-state index in [1.54, 1.807) is 0 Å². The third-order valence-electron chi connectivity index (χ3n) is 3.02. The lowest BCUT2D eigenvalue weighted by Gasteiger charge is -2.06. The average molecular weight is 300 g/mol. The summed E-state index contributed by atoms with van der Waals surface area (Å²) in [5.41, 5.74) is 13.2. The summed E-state index contributed by atoms with van der Waals surface area (Å²) in [6.07, 6.45) is 0. The van der Waals surface area contributed by atoms with Crippen molar-refractivity contribution in [2.75, 3.05) is 12.8 Å². The summed E-state index contributed by atoms with van der Waals surface area (Å²) in [5, 5.41) is 0.626. The Hall–Kier alpha value is -2.67. The number of nitrogens with two attached hydrogens (primary N) is 2. The number of hydrogen-bond acceptors (Lipinski definition) is 6. The number of methoxy groups -OCH3 is 1. The maximum atomic E-state index is 11.5. The summed E-state index contributed by atoms with van der Waals surface area (Å²) < 4.78 is 5.12. The quantitative estimate of drug-likeness (QED) is 0.770. The van der Waals surface area contributed by atoms with Crippen molar-refractivity contribution in [3.63, 3.8) is 0 Å². The zero-order valence-electron chi connectivity index (χ0n) is 11.2. The van der Waals surface area contributed by atoms with Gasteiger partial charge in [-0.2, -0.15) is 9.97 Å². The second kappa shape index (κ2) is 5.02. The highest BCUT2D eigenvalue weighted by Crippen LogP contribution is 2.38. The first kappa shape index (κ1) is 13.3. The van der Waals surface area contributed by atoms with Crippen LogP contribution in [-0.4, -0.2) is 23.0 Å². The van der Waals surface area contributed by atoms with E-state index < -0.39 is 5.91 Å². The molecule has 3 aromatic rings. The van der Waals surface area contributed by atoms with Crippen LogP contribution in [0.25, 0.3) is 21.5 Å². The molecule has 0 fully saturated rings. The summed E-state index contributed by atoms with van der Waals surface area (Å²) in [6.45, 7) is 0. The molecule has 0 aliphatic carbocycles. The van der Waals surface area contributed by atoms with Gasteiger partial charge in [0.05, 0.1) is 23.9 Å². The van der Waals surface area contributed by atoms with Crippen LogP contribution >= 0.6 is 11.3 Å². The van der Waals surface area contributed by atoms with E-state index in [-0.39, 0.29) is 10.9 Å². The zero-order chi connectivity index (χ0) is 15.0. The molecule has 1 amide bonds. The first-order valence-corrected chi connectivity index (χ1v) is 6.92. The molecule has 0 spiro atoms. The van der Waals surface area contributed by atoms with Gasteiger partial charge in [-0.1, -0.05) is 30.3 Å². The standard InChI is InChI=1S/C14H12N4O2S/c1-20-14-17-10(7-5-3-2-4-6-7)8-9(15)11(12(16)19)21-13(8)18-14/h2-6H,15H2,1H3,(H2,16,19). The molecule has 0 aliphatic heterocycles. The number of nitrogens with zero attached hydrogens (tertiary/aromatic N) is 2. The number of hydrogen-bond donors (Lipinski definition) is 2. The van der Waals surface area contributed by atoms with Gasteiger partial charge in [-0.25, -0.2) is 0 Å².